The lowest BCUT2D eigenvalue weighted by molar-refractivity contribution is -0.241. The number of aromatic hydroxyl groups is 1. The Hall–Kier alpha value is -5.80. The number of hydrogen-bond donors (Lipinski definition) is 1. The van der Waals surface area contributed by atoms with Crippen LogP contribution in [0.5, 0.6) is 28.7 Å². The van der Waals surface area contributed by atoms with E-state index in [-0.39, 0.29) is 12.4 Å². The molecular weight excluding hydrogens is 668 g/mol. The zero-order chi connectivity index (χ0) is 36.2. The largest absolute Gasteiger partial charge is 0.507 e. The summed E-state index contributed by atoms with van der Waals surface area (Å²) in [5, 5.41) is 11.7. The van der Waals surface area contributed by atoms with Crippen LogP contribution in [0.3, 0.4) is 0 Å². The molecule has 0 saturated carbocycles. The minimum absolute atomic E-state index is 0.0577. The van der Waals surface area contributed by atoms with E-state index in [1.54, 1.807) is 12.1 Å². The maximum Gasteiger partial charge on any atom is 0.273 e. The summed E-state index contributed by atoms with van der Waals surface area (Å²) >= 11 is 0. The first-order valence-corrected chi connectivity index (χ1v) is 17.7. The van der Waals surface area contributed by atoms with E-state index in [0.717, 1.165) is 27.8 Å². The quantitative estimate of drug-likeness (QED) is 0.106. The van der Waals surface area contributed by atoms with Crippen molar-refractivity contribution >= 4 is 0 Å². The number of phenolic OH excluding ortho intramolecular Hbond substituents is 1. The van der Waals surface area contributed by atoms with Crippen LogP contribution in [0.4, 0.5) is 0 Å². The van der Waals surface area contributed by atoms with Crippen molar-refractivity contribution in [3.05, 3.63) is 185 Å². The summed E-state index contributed by atoms with van der Waals surface area (Å²) in [7, 11) is 0. The molecule has 53 heavy (non-hydrogen) atoms. The number of ether oxygens (including phenoxy) is 7. The van der Waals surface area contributed by atoms with Crippen molar-refractivity contribution in [1.82, 2.24) is 0 Å². The number of rotatable bonds is 16. The zero-order valence-electron chi connectivity index (χ0n) is 29.5. The van der Waals surface area contributed by atoms with Gasteiger partial charge in [0.25, 0.3) is 6.48 Å². The van der Waals surface area contributed by atoms with Crippen molar-refractivity contribution in [1.29, 1.82) is 0 Å². The molecule has 6 aromatic rings. The molecule has 1 aliphatic rings. The lowest BCUT2D eigenvalue weighted by atomic mass is 9.96. The van der Waals surface area contributed by atoms with Gasteiger partial charge in [-0.05, 0) is 46.9 Å². The van der Waals surface area contributed by atoms with Crippen molar-refractivity contribution in [2.75, 3.05) is 6.61 Å². The number of hydrogen-bond acceptors (Lipinski definition) is 8. The van der Waals surface area contributed by atoms with Gasteiger partial charge in [0.05, 0.1) is 5.56 Å². The van der Waals surface area contributed by atoms with Crippen molar-refractivity contribution in [2.45, 2.75) is 52.0 Å². The van der Waals surface area contributed by atoms with Gasteiger partial charge in [-0.15, -0.1) is 0 Å². The number of benzene rings is 6. The Morgan fingerprint density at radius 3 is 1.49 bits per heavy atom. The summed E-state index contributed by atoms with van der Waals surface area (Å²) in [5.74, 6) is 1.92. The van der Waals surface area contributed by atoms with Gasteiger partial charge in [0.15, 0.2) is 11.5 Å². The third kappa shape index (κ3) is 9.36. The van der Waals surface area contributed by atoms with Gasteiger partial charge in [-0.1, -0.05) is 127 Å². The fourth-order valence-corrected chi connectivity index (χ4v) is 6.06. The third-order valence-corrected chi connectivity index (χ3v) is 8.73. The lowest BCUT2D eigenvalue weighted by Gasteiger charge is -2.23. The van der Waals surface area contributed by atoms with E-state index in [4.69, 9.17) is 33.2 Å². The van der Waals surface area contributed by atoms with Gasteiger partial charge in [0.2, 0.25) is 0 Å². The van der Waals surface area contributed by atoms with E-state index < -0.39 is 18.7 Å². The summed E-state index contributed by atoms with van der Waals surface area (Å²) in [5.41, 5.74) is 5.17. The highest BCUT2D eigenvalue weighted by atomic mass is 16.9. The van der Waals surface area contributed by atoms with E-state index in [1.807, 2.05) is 146 Å². The van der Waals surface area contributed by atoms with Crippen LogP contribution in [0.15, 0.2) is 152 Å². The average Bonchev–Trinajstić information content (AvgIpc) is 3.62. The van der Waals surface area contributed by atoms with Gasteiger partial charge in [0, 0.05) is 18.7 Å². The first-order valence-electron chi connectivity index (χ1n) is 17.7. The molecule has 6 aromatic carbocycles. The Morgan fingerprint density at radius 1 is 0.491 bits per heavy atom. The van der Waals surface area contributed by atoms with E-state index in [2.05, 4.69) is 0 Å². The minimum Gasteiger partial charge on any atom is -0.507 e. The molecule has 1 saturated heterocycles. The summed E-state index contributed by atoms with van der Waals surface area (Å²) < 4.78 is 43.9. The summed E-state index contributed by atoms with van der Waals surface area (Å²) in [6, 6.07) is 48.7. The fourth-order valence-electron chi connectivity index (χ4n) is 6.06. The molecule has 0 aliphatic carbocycles. The molecule has 1 aliphatic heterocycles. The molecule has 3 atom stereocenters. The highest BCUT2D eigenvalue weighted by Crippen LogP contribution is 2.51. The van der Waals surface area contributed by atoms with Crippen molar-refractivity contribution in [3.8, 4) is 28.7 Å². The monoisotopic (exact) mass is 710 g/mol. The molecule has 0 radical (unpaired) electrons. The van der Waals surface area contributed by atoms with Crippen LogP contribution < -0.4 is 18.9 Å². The fraction of sp³-hybridized carbons (Fsp3) is 0.200. The molecule has 3 unspecified atom stereocenters. The molecule has 7 rings (SSSR count). The Morgan fingerprint density at radius 2 is 0.962 bits per heavy atom. The van der Waals surface area contributed by atoms with Crippen molar-refractivity contribution in [3.63, 3.8) is 0 Å². The predicted molar refractivity (Wildman–Crippen MR) is 201 cm³/mol. The topological polar surface area (TPSA) is 84.8 Å². The van der Waals surface area contributed by atoms with Gasteiger partial charge >= 0.3 is 0 Å². The summed E-state index contributed by atoms with van der Waals surface area (Å²) in [6.45, 7) is 2.52. The molecule has 0 amide bonds. The zero-order valence-corrected chi connectivity index (χ0v) is 29.5. The molecule has 0 aromatic heterocycles. The molecule has 0 spiro atoms. The van der Waals surface area contributed by atoms with Gasteiger partial charge in [-0.25, -0.2) is 0 Å². The highest BCUT2D eigenvalue weighted by molar-refractivity contribution is 5.53. The second-order valence-electron chi connectivity index (χ2n) is 12.5. The molecule has 1 heterocycles. The molecule has 1 N–H and O–H groups in total. The van der Waals surface area contributed by atoms with Gasteiger partial charge in [-0.3, -0.25) is 0 Å². The molecule has 1 fully saturated rings. The normalized spacial score (nSPS) is 16.6. The standard InChI is InChI=1S/C45H42O8/c1-2-47-45-52-43(36-23-24-39(49-29-33-17-9-4-10-18-33)40(25-36)50-30-34-19-11-5-12-20-34)44(53-45)42-38(46)26-37(48-28-32-15-7-3-8-16-32)27-41(42)51-31-35-21-13-6-14-22-35/h3-27,43-46H,2,28-31H2,1H3. The highest BCUT2D eigenvalue weighted by Gasteiger charge is 2.42. The van der Waals surface area contributed by atoms with Gasteiger partial charge in [0.1, 0.15) is 55.9 Å². The maximum absolute atomic E-state index is 11.7. The summed E-state index contributed by atoms with van der Waals surface area (Å²) in [6.07, 6.45) is -1.53. The van der Waals surface area contributed by atoms with Crippen LogP contribution in [0.2, 0.25) is 0 Å². The molecule has 270 valence electrons. The second-order valence-corrected chi connectivity index (χ2v) is 12.5. The second kappa shape index (κ2) is 17.6. The molecule has 8 nitrogen and oxygen atoms in total. The summed E-state index contributed by atoms with van der Waals surface area (Å²) in [4.78, 5) is 0. The van der Waals surface area contributed by atoms with Gasteiger partial charge in [-0.2, -0.15) is 0 Å². The SMILES string of the molecule is CCOC1OC(c2ccc(OCc3ccccc3)c(OCc3ccccc3)c2)C(c2c(O)cc(OCc3ccccc3)cc2OCc2ccccc2)O1. The third-order valence-electron chi connectivity index (χ3n) is 8.73. The predicted octanol–water partition coefficient (Wildman–Crippen LogP) is 9.86. The van der Waals surface area contributed by atoms with E-state index in [9.17, 15) is 5.11 Å². The van der Waals surface area contributed by atoms with Crippen molar-refractivity contribution in [2.24, 2.45) is 0 Å². The molecular formula is C45H42O8. The first kappa shape index (κ1) is 35.6. The van der Waals surface area contributed by atoms with E-state index in [0.29, 0.717) is 55.0 Å². The van der Waals surface area contributed by atoms with Crippen LogP contribution in [0, 0.1) is 0 Å². The van der Waals surface area contributed by atoms with Crippen LogP contribution >= 0.6 is 0 Å². The Bertz CT molecular complexity index is 2020. The maximum atomic E-state index is 11.7. The molecule has 8 heteroatoms. The van der Waals surface area contributed by atoms with Crippen LogP contribution in [-0.2, 0) is 40.6 Å². The average molecular weight is 711 g/mol. The minimum atomic E-state index is -0.993. The Labute approximate surface area is 310 Å². The first-order chi connectivity index (χ1) is 26.1. The lowest BCUT2D eigenvalue weighted by Crippen LogP contribution is -2.13. The van der Waals surface area contributed by atoms with Gasteiger partial charge < -0.3 is 38.3 Å². The number of phenols is 1. The van der Waals surface area contributed by atoms with Crippen LogP contribution in [0.1, 0.15) is 52.5 Å². The Balaban J connectivity index is 1.22. The van der Waals surface area contributed by atoms with E-state index in [1.165, 1.54) is 0 Å². The molecule has 0 bridgehead atoms. The van der Waals surface area contributed by atoms with Crippen LogP contribution in [-0.4, -0.2) is 18.2 Å². The van der Waals surface area contributed by atoms with E-state index >= 15 is 0 Å². The van der Waals surface area contributed by atoms with Crippen molar-refractivity contribution < 1.29 is 38.3 Å². The smallest absolute Gasteiger partial charge is 0.273 e. The van der Waals surface area contributed by atoms with Crippen LogP contribution in [0.25, 0.3) is 0 Å². The Kier molecular flexibility index (Phi) is 11.8.